The SMILES string of the molecule is CCOC(=O)c1ccnc(NC2CCCCC2)c1N. The number of nitrogens with zero attached hydrogens (tertiary/aromatic N) is 1. The Bertz CT molecular complexity index is 442. The Balaban J connectivity index is 2.12. The highest BCUT2D eigenvalue weighted by Crippen LogP contribution is 2.25. The molecule has 0 atom stereocenters. The lowest BCUT2D eigenvalue weighted by Crippen LogP contribution is -2.24. The van der Waals surface area contributed by atoms with Crippen molar-refractivity contribution in [2.75, 3.05) is 17.7 Å². The van der Waals surface area contributed by atoms with Crippen LogP contribution in [0.25, 0.3) is 0 Å². The zero-order valence-corrected chi connectivity index (χ0v) is 11.3. The molecule has 0 amide bonds. The number of nitrogens with one attached hydrogen (secondary N) is 1. The summed E-state index contributed by atoms with van der Waals surface area (Å²) in [6, 6.07) is 2.00. The number of carbonyl (C=O) groups is 1. The normalized spacial score (nSPS) is 16.1. The highest BCUT2D eigenvalue weighted by molar-refractivity contribution is 5.97. The Morgan fingerprint density at radius 2 is 2.21 bits per heavy atom. The predicted octanol–water partition coefficient (Wildman–Crippen LogP) is 2.59. The van der Waals surface area contributed by atoms with Gasteiger partial charge in [-0.3, -0.25) is 0 Å². The number of esters is 1. The second kappa shape index (κ2) is 6.41. The van der Waals surface area contributed by atoms with Crippen LogP contribution < -0.4 is 11.1 Å². The highest BCUT2D eigenvalue weighted by Gasteiger charge is 2.18. The molecule has 5 nitrogen and oxygen atoms in total. The van der Waals surface area contributed by atoms with Crippen molar-refractivity contribution >= 4 is 17.5 Å². The molecular formula is C14H21N3O2. The standard InChI is InChI=1S/C14H21N3O2/c1-2-19-14(18)11-8-9-16-13(12(11)15)17-10-6-4-3-5-7-10/h8-10H,2-7,15H2,1H3,(H,16,17). The largest absolute Gasteiger partial charge is 0.462 e. The maximum atomic E-state index is 11.8. The molecule has 19 heavy (non-hydrogen) atoms. The molecule has 1 aromatic heterocycles. The molecular weight excluding hydrogens is 242 g/mol. The van der Waals surface area contributed by atoms with E-state index in [-0.39, 0.29) is 0 Å². The first kappa shape index (κ1) is 13.6. The summed E-state index contributed by atoms with van der Waals surface area (Å²) in [6.45, 7) is 2.11. The molecule has 0 radical (unpaired) electrons. The average molecular weight is 263 g/mol. The Kier molecular flexibility index (Phi) is 4.60. The van der Waals surface area contributed by atoms with Crippen molar-refractivity contribution < 1.29 is 9.53 Å². The van der Waals surface area contributed by atoms with E-state index in [9.17, 15) is 4.79 Å². The van der Waals surface area contributed by atoms with Gasteiger partial charge < -0.3 is 15.8 Å². The molecule has 0 aliphatic heterocycles. The second-order valence-electron chi connectivity index (χ2n) is 4.82. The van der Waals surface area contributed by atoms with Crippen molar-refractivity contribution in [1.82, 2.24) is 4.98 Å². The Labute approximate surface area is 113 Å². The summed E-state index contributed by atoms with van der Waals surface area (Å²) < 4.78 is 4.98. The molecule has 1 heterocycles. The lowest BCUT2D eigenvalue weighted by Gasteiger charge is -2.24. The molecule has 104 valence electrons. The van der Waals surface area contributed by atoms with Crippen LogP contribution in [0.4, 0.5) is 11.5 Å². The third-order valence-corrected chi connectivity index (χ3v) is 3.43. The highest BCUT2D eigenvalue weighted by atomic mass is 16.5. The number of hydrogen-bond acceptors (Lipinski definition) is 5. The first-order chi connectivity index (χ1) is 9.22. The number of aromatic nitrogens is 1. The zero-order valence-electron chi connectivity index (χ0n) is 11.3. The van der Waals surface area contributed by atoms with Gasteiger partial charge in [0, 0.05) is 12.2 Å². The fourth-order valence-electron chi connectivity index (χ4n) is 2.42. The number of carbonyl (C=O) groups excluding carboxylic acids is 1. The van der Waals surface area contributed by atoms with Crippen LogP contribution in [0.5, 0.6) is 0 Å². The second-order valence-corrected chi connectivity index (χ2v) is 4.82. The fourth-order valence-corrected chi connectivity index (χ4v) is 2.42. The van der Waals surface area contributed by atoms with Crippen LogP contribution >= 0.6 is 0 Å². The van der Waals surface area contributed by atoms with Crippen molar-refractivity contribution in [2.24, 2.45) is 0 Å². The van der Waals surface area contributed by atoms with Gasteiger partial charge in [-0.25, -0.2) is 9.78 Å². The predicted molar refractivity (Wildman–Crippen MR) is 75.1 cm³/mol. The van der Waals surface area contributed by atoms with Crippen LogP contribution in [-0.2, 0) is 4.74 Å². The van der Waals surface area contributed by atoms with Crippen LogP contribution in [0, 0.1) is 0 Å². The molecule has 1 fully saturated rings. The van der Waals surface area contributed by atoms with Gasteiger partial charge >= 0.3 is 5.97 Å². The smallest absolute Gasteiger partial charge is 0.340 e. The Morgan fingerprint density at radius 1 is 1.47 bits per heavy atom. The third kappa shape index (κ3) is 3.36. The van der Waals surface area contributed by atoms with E-state index < -0.39 is 5.97 Å². The zero-order chi connectivity index (χ0) is 13.7. The van der Waals surface area contributed by atoms with E-state index in [0.29, 0.717) is 29.7 Å². The number of anilines is 2. The van der Waals surface area contributed by atoms with E-state index >= 15 is 0 Å². The van der Waals surface area contributed by atoms with Crippen molar-refractivity contribution in [3.8, 4) is 0 Å². The van der Waals surface area contributed by atoms with Gasteiger partial charge in [-0.05, 0) is 25.8 Å². The molecule has 1 aliphatic rings. The van der Waals surface area contributed by atoms with Crippen molar-refractivity contribution in [3.63, 3.8) is 0 Å². The molecule has 1 aromatic rings. The molecule has 1 aliphatic carbocycles. The average Bonchev–Trinajstić information content (AvgIpc) is 2.42. The van der Waals surface area contributed by atoms with Crippen LogP contribution in [0.3, 0.4) is 0 Å². The summed E-state index contributed by atoms with van der Waals surface area (Å²) in [5.41, 5.74) is 6.77. The van der Waals surface area contributed by atoms with Crippen molar-refractivity contribution in [2.45, 2.75) is 45.1 Å². The molecule has 0 spiro atoms. The van der Waals surface area contributed by atoms with E-state index in [1.807, 2.05) is 0 Å². The summed E-state index contributed by atoms with van der Waals surface area (Å²) in [7, 11) is 0. The minimum absolute atomic E-state index is 0.339. The molecule has 0 bridgehead atoms. The monoisotopic (exact) mass is 263 g/mol. The maximum Gasteiger partial charge on any atom is 0.340 e. The van der Waals surface area contributed by atoms with E-state index in [4.69, 9.17) is 10.5 Å². The minimum Gasteiger partial charge on any atom is -0.462 e. The molecule has 2 rings (SSSR count). The molecule has 3 N–H and O–H groups in total. The van der Waals surface area contributed by atoms with E-state index in [1.165, 1.54) is 19.3 Å². The van der Waals surface area contributed by atoms with Crippen molar-refractivity contribution in [1.29, 1.82) is 0 Å². The third-order valence-electron chi connectivity index (χ3n) is 3.43. The maximum absolute atomic E-state index is 11.8. The fraction of sp³-hybridized carbons (Fsp3) is 0.571. The van der Waals surface area contributed by atoms with Crippen LogP contribution in [-0.4, -0.2) is 23.6 Å². The van der Waals surface area contributed by atoms with Crippen LogP contribution in [0.1, 0.15) is 49.4 Å². The summed E-state index contributed by atoms with van der Waals surface area (Å²) in [5.74, 6) is 0.201. The number of rotatable bonds is 4. The van der Waals surface area contributed by atoms with Gasteiger partial charge in [0.1, 0.15) is 5.82 Å². The molecule has 0 unspecified atom stereocenters. The Morgan fingerprint density at radius 3 is 2.89 bits per heavy atom. The summed E-state index contributed by atoms with van der Waals surface area (Å²) in [4.78, 5) is 16.0. The Hall–Kier alpha value is -1.78. The van der Waals surface area contributed by atoms with Crippen LogP contribution in [0.15, 0.2) is 12.3 Å². The van der Waals surface area contributed by atoms with Gasteiger partial charge in [-0.2, -0.15) is 0 Å². The van der Waals surface area contributed by atoms with Gasteiger partial charge in [0.05, 0.1) is 17.9 Å². The van der Waals surface area contributed by atoms with E-state index in [1.54, 1.807) is 19.2 Å². The number of nitrogens with two attached hydrogens (primary N) is 1. The first-order valence-corrected chi connectivity index (χ1v) is 6.90. The molecule has 1 saturated carbocycles. The molecule has 0 aromatic carbocycles. The van der Waals surface area contributed by atoms with Gasteiger partial charge in [0.25, 0.3) is 0 Å². The minimum atomic E-state index is -0.394. The van der Waals surface area contributed by atoms with Crippen LogP contribution in [0.2, 0.25) is 0 Å². The van der Waals surface area contributed by atoms with Gasteiger partial charge in [0.15, 0.2) is 0 Å². The number of nitrogen functional groups attached to an aromatic ring is 1. The molecule has 5 heteroatoms. The quantitative estimate of drug-likeness (QED) is 0.816. The van der Waals surface area contributed by atoms with E-state index in [0.717, 1.165) is 12.8 Å². The number of pyridine rings is 1. The molecule has 0 saturated heterocycles. The first-order valence-electron chi connectivity index (χ1n) is 6.90. The van der Waals surface area contributed by atoms with Gasteiger partial charge in [0.2, 0.25) is 0 Å². The lowest BCUT2D eigenvalue weighted by molar-refractivity contribution is 0.0527. The summed E-state index contributed by atoms with van der Waals surface area (Å²) in [6.07, 6.45) is 7.61. The van der Waals surface area contributed by atoms with E-state index in [2.05, 4.69) is 10.3 Å². The topological polar surface area (TPSA) is 77.2 Å². The number of ether oxygens (including phenoxy) is 1. The summed E-state index contributed by atoms with van der Waals surface area (Å²) >= 11 is 0. The van der Waals surface area contributed by atoms with Crippen molar-refractivity contribution in [3.05, 3.63) is 17.8 Å². The number of hydrogen-bond donors (Lipinski definition) is 2. The summed E-state index contributed by atoms with van der Waals surface area (Å²) in [5, 5.41) is 3.34. The van der Waals surface area contributed by atoms with Gasteiger partial charge in [-0.15, -0.1) is 0 Å². The van der Waals surface area contributed by atoms with Gasteiger partial charge in [-0.1, -0.05) is 19.3 Å². The lowest BCUT2D eigenvalue weighted by atomic mass is 9.95.